The van der Waals surface area contributed by atoms with Crippen LogP contribution >= 0.6 is 0 Å². The van der Waals surface area contributed by atoms with Crippen molar-refractivity contribution < 1.29 is 14.6 Å². The minimum Gasteiger partial charge on any atom is -0.491 e. The molecule has 0 bridgehead atoms. The molecular weight excluding hydrogens is 318 g/mol. The maximum absolute atomic E-state index is 12.5. The molecule has 1 amide bonds. The van der Waals surface area contributed by atoms with Crippen LogP contribution in [-0.2, 0) is 4.79 Å². The van der Waals surface area contributed by atoms with Crippen molar-refractivity contribution in [2.75, 3.05) is 52.4 Å². The summed E-state index contributed by atoms with van der Waals surface area (Å²) in [5, 5.41) is 13.5. The van der Waals surface area contributed by atoms with Gasteiger partial charge in [-0.1, -0.05) is 18.2 Å². The van der Waals surface area contributed by atoms with Gasteiger partial charge in [0.05, 0.1) is 5.92 Å². The lowest BCUT2D eigenvalue weighted by Crippen LogP contribution is -2.53. The van der Waals surface area contributed by atoms with E-state index in [0.717, 1.165) is 57.9 Å². The third kappa shape index (κ3) is 5.42. The van der Waals surface area contributed by atoms with Crippen LogP contribution in [-0.4, -0.2) is 79.3 Å². The fraction of sp³-hybridized carbons (Fsp3) is 0.632. The van der Waals surface area contributed by atoms with Crippen molar-refractivity contribution in [3.05, 3.63) is 30.3 Å². The van der Waals surface area contributed by atoms with Gasteiger partial charge in [0.15, 0.2) is 0 Å². The van der Waals surface area contributed by atoms with Crippen LogP contribution in [0.3, 0.4) is 0 Å². The summed E-state index contributed by atoms with van der Waals surface area (Å²) in [5.41, 5.74) is 0. The second-order valence-corrected chi connectivity index (χ2v) is 6.95. The minimum atomic E-state index is -0.523. The van der Waals surface area contributed by atoms with Gasteiger partial charge in [-0.25, -0.2) is 0 Å². The van der Waals surface area contributed by atoms with Crippen LogP contribution in [0, 0.1) is 5.92 Å². The number of β-amino-alcohol motifs (C(OH)–C–C–N with tert-alkyl or cyclic N) is 1. The molecule has 0 saturated carbocycles. The van der Waals surface area contributed by atoms with Gasteiger partial charge in [0.2, 0.25) is 5.91 Å². The molecule has 3 rings (SSSR count). The Morgan fingerprint density at radius 1 is 1.24 bits per heavy atom. The fourth-order valence-corrected chi connectivity index (χ4v) is 3.53. The van der Waals surface area contributed by atoms with Gasteiger partial charge in [-0.3, -0.25) is 9.69 Å². The SMILES string of the molecule is O=C(C1CCCNC1)N1CCN(CC(O)COc2ccccc2)CC1. The van der Waals surface area contributed by atoms with Crippen molar-refractivity contribution in [2.45, 2.75) is 18.9 Å². The maximum Gasteiger partial charge on any atom is 0.227 e. The van der Waals surface area contributed by atoms with Crippen molar-refractivity contribution >= 4 is 5.91 Å². The van der Waals surface area contributed by atoms with Gasteiger partial charge in [-0.15, -0.1) is 0 Å². The Balaban J connectivity index is 1.36. The van der Waals surface area contributed by atoms with E-state index < -0.39 is 6.10 Å². The first-order valence-electron chi connectivity index (χ1n) is 9.30. The quantitative estimate of drug-likeness (QED) is 0.788. The van der Waals surface area contributed by atoms with Crippen molar-refractivity contribution in [1.82, 2.24) is 15.1 Å². The molecule has 0 aromatic heterocycles. The summed E-state index contributed by atoms with van der Waals surface area (Å²) in [6.07, 6.45) is 1.57. The molecule has 1 aromatic carbocycles. The van der Waals surface area contributed by atoms with E-state index in [9.17, 15) is 9.90 Å². The summed E-state index contributed by atoms with van der Waals surface area (Å²) < 4.78 is 5.60. The van der Waals surface area contributed by atoms with Crippen LogP contribution in [0.15, 0.2) is 30.3 Å². The third-order valence-electron chi connectivity index (χ3n) is 4.98. The predicted molar refractivity (Wildman–Crippen MR) is 96.6 cm³/mol. The zero-order valence-corrected chi connectivity index (χ0v) is 14.8. The van der Waals surface area contributed by atoms with Crippen LogP contribution < -0.4 is 10.1 Å². The second-order valence-electron chi connectivity index (χ2n) is 6.95. The fourth-order valence-electron chi connectivity index (χ4n) is 3.53. The Bertz CT molecular complexity index is 526. The lowest BCUT2D eigenvalue weighted by atomic mass is 9.98. The monoisotopic (exact) mass is 347 g/mol. The Hall–Kier alpha value is -1.63. The van der Waals surface area contributed by atoms with Crippen LogP contribution in [0.2, 0.25) is 0 Å². The highest BCUT2D eigenvalue weighted by Crippen LogP contribution is 2.15. The van der Waals surface area contributed by atoms with Gasteiger partial charge in [0, 0.05) is 39.3 Å². The number of nitrogens with one attached hydrogen (secondary N) is 1. The van der Waals surface area contributed by atoms with E-state index in [1.54, 1.807) is 0 Å². The zero-order chi connectivity index (χ0) is 17.5. The number of aliphatic hydroxyl groups excluding tert-OH is 1. The van der Waals surface area contributed by atoms with Gasteiger partial charge >= 0.3 is 0 Å². The standard InChI is InChI=1S/C19H29N3O3/c23-17(15-25-18-6-2-1-3-7-18)14-21-9-11-22(12-10-21)19(24)16-5-4-8-20-13-16/h1-3,6-7,16-17,20,23H,4-5,8-15H2. The lowest BCUT2D eigenvalue weighted by molar-refractivity contribution is -0.138. The number of ether oxygens (including phenoxy) is 1. The molecule has 6 nitrogen and oxygen atoms in total. The summed E-state index contributed by atoms with van der Waals surface area (Å²) in [7, 11) is 0. The van der Waals surface area contributed by atoms with Gasteiger partial charge < -0.3 is 20.1 Å². The summed E-state index contributed by atoms with van der Waals surface area (Å²) in [4.78, 5) is 16.7. The molecule has 2 saturated heterocycles. The summed E-state index contributed by atoms with van der Waals surface area (Å²) >= 11 is 0. The predicted octanol–water partition coefficient (Wildman–Crippen LogP) is 0.570. The average molecular weight is 347 g/mol. The number of aliphatic hydroxyl groups is 1. The first kappa shape index (κ1) is 18.2. The van der Waals surface area contributed by atoms with Crippen molar-refractivity contribution in [1.29, 1.82) is 0 Å². The van der Waals surface area contributed by atoms with Crippen molar-refractivity contribution in [2.24, 2.45) is 5.92 Å². The van der Waals surface area contributed by atoms with Crippen LogP contribution in [0.1, 0.15) is 12.8 Å². The molecule has 2 unspecified atom stereocenters. The largest absolute Gasteiger partial charge is 0.491 e. The Kier molecular flexibility index (Phi) is 6.67. The smallest absolute Gasteiger partial charge is 0.227 e. The molecule has 0 aliphatic carbocycles. The van der Waals surface area contributed by atoms with E-state index in [2.05, 4.69) is 10.2 Å². The van der Waals surface area contributed by atoms with Crippen molar-refractivity contribution in [3.63, 3.8) is 0 Å². The van der Waals surface area contributed by atoms with Crippen molar-refractivity contribution in [3.8, 4) is 5.75 Å². The van der Waals surface area contributed by atoms with Crippen LogP contribution in [0.5, 0.6) is 5.75 Å². The van der Waals surface area contributed by atoms with Gasteiger partial charge in [0.25, 0.3) is 0 Å². The molecule has 2 N–H and O–H groups in total. The minimum absolute atomic E-state index is 0.144. The number of nitrogens with zero attached hydrogens (tertiary/aromatic N) is 2. The molecule has 0 radical (unpaired) electrons. The highest BCUT2D eigenvalue weighted by atomic mass is 16.5. The number of piperazine rings is 1. The normalized spacial score (nSPS) is 23.2. The highest BCUT2D eigenvalue weighted by Gasteiger charge is 2.28. The third-order valence-corrected chi connectivity index (χ3v) is 4.98. The van der Waals surface area contributed by atoms with Gasteiger partial charge in [0.1, 0.15) is 18.5 Å². The topological polar surface area (TPSA) is 65.0 Å². The average Bonchev–Trinajstić information content (AvgIpc) is 2.68. The van der Waals surface area contributed by atoms with Gasteiger partial charge in [-0.2, -0.15) is 0 Å². The maximum atomic E-state index is 12.5. The molecule has 6 heteroatoms. The number of benzene rings is 1. The first-order chi connectivity index (χ1) is 12.2. The number of rotatable bonds is 6. The molecule has 138 valence electrons. The number of hydrogen-bond donors (Lipinski definition) is 2. The van der Waals surface area contributed by atoms with E-state index in [-0.39, 0.29) is 12.5 Å². The van der Waals surface area contributed by atoms with Crippen LogP contribution in [0.25, 0.3) is 0 Å². The zero-order valence-electron chi connectivity index (χ0n) is 14.8. The van der Waals surface area contributed by atoms with E-state index in [0.29, 0.717) is 12.5 Å². The van der Waals surface area contributed by atoms with E-state index in [1.807, 2.05) is 35.2 Å². The molecule has 2 heterocycles. The second kappa shape index (κ2) is 9.17. The number of amides is 1. The number of carbonyl (C=O) groups is 1. The molecule has 2 atom stereocenters. The lowest BCUT2D eigenvalue weighted by Gasteiger charge is -2.37. The number of piperidine rings is 1. The van der Waals surface area contributed by atoms with E-state index in [1.165, 1.54) is 0 Å². The number of carbonyl (C=O) groups excluding carboxylic acids is 1. The Morgan fingerprint density at radius 3 is 2.68 bits per heavy atom. The summed E-state index contributed by atoms with van der Waals surface area (Å²) in [6, 6.07) is 9.54. The molecule has 0 spiro atoms. The molecule has 1 aromatic rings. The summed E-state index contributed by atoms with van der Waals surface area (Å²) in [5.74, 6) is 1.21. The Morgan fingerprint density at radius 2 is 2.00 bits per heavy atom. The van der Waals surface area contributed by atoms with E-state index >= 15 is 0 Å². The molecule has 2 aliphatic heterocycles. The molecule has 2 fully saturated rings. The first-order valence-corrected chi connectivity index (χ1v) is 9.30. The highest BCUT2D eigenvalue weighted by molar-refractivity contribution is 5.79. The Labute approximate surface area is 149 Å². The molecular formula is C19H29N3O3. The van der Waals surface area contributed by atoms with E-state index in [4.69, 9.17) is 4.74 Å². The molecule has 2 aliphatic rings. The van der Waals surface area contributed by atoms with Gasteiger partial charge in [-0.05, 0) is 31.5 Å². The number of hydrogen-bond acceptors (Lipinski definition) is 5. The number of para-hydroxylation sites is 1. The summed E-state index contributed by atoms with van der Waals surface area (Å²) in [6.45, 7) is 5.84. The molecule has 25 heavy (non-hydrogen) atoms. The van der Waals surface area contributed by atoms with Crippen LogP contribution in [0.4, 0.5) is 0 Å².